The molecule has 1 saturated heterocycles. The van der Waals surface area contributed by atoms with Gasteiger partial charge in [0.05, 0.1) is 12.0 Å². The van der Waals surface area contributed by atoms with Crippen LogP contribution in [0.4, 0.5) is 10.1 Å². The lowest BCUT2D eigenvalue weighted by molar-refractivity contribution is -0.129. The number of benzene rings is 3. The third-order valence-corrected chi connectivity index (χ3v) is 8.31. The summed E-state index contributed by atoms with van der Waals surface area (Å²) in [6, 6.07) is 22.2. The molecule has 198 valence electrons. The van der Waals surface area contributed by atoms with Gasteiger partial charge in [0, 0.05) is 11.7 Å². The van der Waals surface area contributed by atoms with Crippen LogP contribution in [0.15, 0.2) is 77.7 Å². The number of carbonyl (C=O) groups excluding carboxylic acids is 1. The number of hydrogen-bond donors (Lipinski definition) is 1. The van der Waals surface area contributed by atoms with Crippen LogP contribution in [0.1, 0.15) is 43.7 Å². The Balaban J connectivity index is 1.37. The van der Waals surface area contributed by atoms with Crippen molar-refractivity contribution in [1.82, 2.24) is 4.90 Å². The van der Waals surface area contributed by atoms with Crippen molar-refractivity contribution in [2.45, 2.75) is 50.8 Å². The van der Waals surface area contributed by atoms with E-state index in [-0.39, 0.29) is 29.9 Å². The molecule has 0 bridgehead atoms. The smallest absolute Gasteiger partial charge is 0.262 e. The summed E-state index contributed by atoms with van der Waals surface area (Å²) in [4.78, 5) is 16.5. The molecule has 1 saturated carbocycles. The number of ether oxygens (including phenoxy) is 2. The SMILES string of the molecule is COc1cc(/C=C2\SC(Nc3ccccc3)N([C@H]3CCCC[C@@H]3C)C2=O)ccc1OCc1cccc(F)c1. The zero-order valence-corrected chi connectivity index (χ0v) is 22.5. The monoisotopic (exact) mass is 532 g/mol. The Morgan fingerprint density at radius 2 is 1.84 bits per heavy atom. The van der Waals surface area contributed by atoms with E-state index in [1.165, 1.54) is 18.6 Å². The second kappa shape index (κ2) is 11.9. The molecule has 0 radical (unpaired) electrons. The number of amides is 1. The molecule has 1 aliphatic heterocycles. The number of nitrogens with zero attached hydrogens (tertiary/aromatic N) is 1. The molecule has 7 heteroatoms. The van der Waals surface area contributed by atoms with E-state index in [1.807, 2.05) is 60.7 Å². The van der Waals surface area contributed by atoms with Crippen LogP contribution in [-0.2, 0) is 11.4 Å². The number of para-hydroxylation sites is 1. The Kier molecular flexibility index (Phi) is 8.23. The molecule has 1 aliphatic carbocycles. The lowest BCUT2D eigenvalue weighted by Crippen LogP contribution is -2.48. The minimum Gasteiger partial charge on any atom is -0.493 e. The maximum Gasteiger partial charge on any atom is 0.262 e. The number of thioether (sulfide) groups is 1. The summed E-state index contributed by atoms with van der Waals surface area (Å²) in [7, 11) is 1.59. The summed E-state index contributed by atoms with van der Waals surface area (Å²) in [5.41, 5.74) is 2.42. The van der Waals surface area contributed by atoms with Gasteiger partial charge in [-0.2, -0.15) is 0 Å². The Morgan fingerprint density at radius 1 is 1.03 bits per heavy atom. The van der Waals surface area contributed by atoms with Crippen LogP contribution < -0.4 is 14.8 Å². The predicted molar refractivity (Wildman–Crippen MR) is 151 cm³/mol. The van der Waals surface area contributed by atoms with E-state index in [9.17, 15) is 9.18 Å². The van der Waals surface area contributed by atoms with Crippen LogP contribution in [0.25, 0.3) is 6.08 Å². The average Bonchev–Trinajstić information content (AvgIpc) is 3.22. The summed E-state index contributed by atoms with van der Waals surface area (Å²) >= 11 is 1.56. The zero-order chi connectivity index (χ0) is 26.5. The molecular formula is C31H33FN2O3S. The first kappa shape index (κ1) is 26.2. The van der Waals surface area contributed by atoms with E-state index < -0.39 is 0 Å². The topological polar surface area (TPSA) is 50.8 Å². The van der Waals surface area contributed by atoms with Crippen LogP contribution in [0, 0.1) is 11.7 Å². The molecule has 2 aliphatic rings. The van der Waals surface area contributed by atoms with Gasteiger partial charge in [-0.3, -0.25) is 4.79 Å². The van der Waals surface area contributed by atoms with Crippen molar-refractivity contribution in [3.8, 4) is 11.5 Å². The molecule has 2 fully saturated rings. The summed E-state index contributed by atoms with van der Waals surface area (Å²) in [5, 5.41) is 3.58. The van der Waals surface area contributed by atoms with Gasteiger partial charge in [-0.25, -0.2) is 4.39 Å². The number of nitrogens with one attached hydrogen (secondary N) is 1. The Morgan fingerprint density at radius 3 is 2.61 bits per heavy atom. The highest BCUT2D eigenvalue weighted by molar-refractivity contribution is 8.05. The Labute approximate surface area is 228 Å². The standard InChI is InChI=1S/C31H33FN2O3S/c1-21-9-6-7-14-26(21)34-30(35)29(38-31(34)33-25-12-4-3-5-13-25)19-22-15-16-27(28(18-22)36-2)37-20-23-10-8-11-24(32)17-23/h3-5,8,10-13,15-19,21,26,31,33H,6-7,9,14,20H2,1-2H3/b29-19-/t21-,26-,31?/m0/s1. The van der Waals surface area contributed by atoms with Crippen molar-refractivity contribution >= 4 is 29.4 Å². The third kappa shape index (κ3) is 5.99. The van der Waals surface area contributed by atoms with Gasteiger partial charge >= 0.3 is 0 Å². The van der Waals surface area contributed by atoms with Crippen molar-refractivity contribution in [3.63, 3.8) is 0 Å². The van der Waals surface area contributed by atoms with Crippen molar-refractivity contribution in [2.24, 2.45) is 5.92 Å². The number of rotatable bonds is 8. The molecule has 1 amide bonds. The Bertz CT molecular complexity index is 1300. The number of hydrogen-bond acceptors (Lipinski definition) is 5. The van der Waals surface area contributed by atoms with Crippen molar-refractivity contribution in [1.29, 1.82) is 0 Å². The number of carbonyl (C=O) groups is 1. The van der Waals surface area contributed by atoms with E-state index in [1.54, 1.807) is 24.9 Å². The summed E-state index contributed by atoms with van der Waals surface area (Å²) in [5.74, 6) is 1.35. The fraction of sp³-hybridized carbons (Fsp3) is 0.323. The van der Waals surface area contributed by atoms with Crippen LogP contribution in [0.2, 0.25) is 0 Å². The highest BCUT2D eigenvalue weighted by Gasteiger charge is 2.42. The van der Waals surface area contributed by atoms with E-state index in [0.29, 0.717) is 22.3 Å². The second-order valence-electron chi connectivity index (χ2n) is 9.86. The molecule has 1 N–H and O–H groups in total. The molecule has 38 heavy (non-hydrogen) atoms. The molecule has 0 aromatic heterocycles. The maximum absolute atomic E-state index is 13.8. The van der Waals surface area contributed by atoms with Gasteiger partial charge < -0.3 is 19.7 Å². The highest BCUT2D eigenvalue weighted by Crippen LogP contribution is 2.42. The van der Waals surface area contributed by atoms with Gasteiger partial charge in [-0.05, 0) is 72.4 Å². The summed E-state index contributed by atoms with van der Waals surface area (Å²) in [6.45, 7) is 2.49. The third-order valence-electron chi connectivity index (χ3n) is 7.19. The zero-order valence-electron chi connectivity index (χ0n) is 21.7. The van der Waals surface area contributed by atoms with Gasteiger partial charge in [-0.1, -0.05) is 67.9 Å². The number of anilines is 1. The van der Waals surface area contributed by atoms with E-state index in [2.05, 4.69) is 17.1 Å². The molecule has 5 nitrogen and oxygen atoms in total. The van der Waals surface area contributed by atoms with Gasteiger partial charge in [-0.15, -0.1) is 0 Å². The predicted octanol–water partition coefficient (Wildman–Crippen LogP) is 7.30. The normalized spacial score (nSPS) is 22.5. The van der Waals surface area contributed by atoms with Gasteiger partial charge in [0.25, 0.3) is 5.91 Å². The molecule has 3 aromatic carbocycles. The minimum absolute atomic E-state index is 0.0626. The second-order valence-corrected chi connectivity index (χ2v) is 11.0. The minimum atomic E-state index is -0.296. The first-order valence-electron chi connectivity index (χ1n) is 13.1. The highest BCUT2D eigenvalue weighted by atomic mass is 32.2. The van der Waals surface area contributed by atoms with Crippen molar-refractivity contribution in [2.75, 3.05) is 12.4 Å². The molecular weight excluding hydrogens is 499 g/mol. The van der Waals surface area contributed by atoms with E-state index >= 15 is 0 Å². The fourth-order valence-corrected chi connectivity index (χ4v) is 6.41. The lowest BCUT2D eigenvalue weighted by atomic mass is 9.85. The quantitative estimate of drug-likeness (QED) is 0.309. The van der Waals surface area contributed by atoms with Crippen LogP contribution >= 0.6 is 11.8 Å². The van der Waals surface area contributed by atoms with Gasteiger partial charge in [0.1, 0.15) is 12.4 Å². The van der Waals surface area contributed by atoms with Gasteiger partial charge in [0.15, 0.2) is 17.0 Å². The molecule has 1 unspecified atom stereocenters. The maximum atomic E-state index is 13.8. The van der Waals surface area contributed by atoms with Gasteiger partial charge in [0.2, 0.25) is 0 Å². The van der Waals surface area contributed by atoms with Crippen molar-refractivity contribution in [3.05, 3.63) is 94.6 Å². The first-order chi connectivity index (χ1) is 18.5. The summed E-state index contributed by atoms with van der Waals surface area (Å²) < 4.78 is 25.0. The number of methoxy groups -OCH3 is 1. The van der Waals surface area contributed by atoms with Crippen LogP contribution in [-0.4, -0.2) is 29.5 Å². The summed E-state index contributed by atoms with van der Waals surface area (Å²) in [6.07, 6.45) is 6.47. The number of halogens is 1. The van der Waals surface area contributed by atoms with Crippen LogP contribution in [0.3, 0.4) is 0 Å². The molecule has 3 atom stereocenters. The fourth-order valence-electron chi connectivity index (χ4n) is 5.20. The molecule has 5 rings (SSSR count). The first-order valence-corrected chi connectivity index (χ1v) is 14.0. The molecule has 1 heterocycles. The Hall–Kier alpha value is -3.45. The van der Waals surface area contributed by atoms with Crippen LogP contribution in [0.5, 0.6) is 11.5 Å². The van der Waals surface area contributed by atoms with E-state index in [0.717, 1.165) is 36.1 Å². The lowest BCUT2D eigenvalue weighted by Gasteiger charge is -2.39. The van der Waals surface area contributed by atoms with E-state index in [4.69, 9.17) is 9.47 Å². The molecule has 3 aromatic rings. The largest absolute Gasteiger partial charge is 0.493 e. The van der Waals surface area contributed by atoms with Crippen molar-refractivity contribution < 1.29 is 18.7 Å². The molecule has 0 spiro atoms. The average molecular weight is 533 g/mol.